The molecule has 3 aliphatic rings. The van der Waals surface area contributed by atoms with Gasteiger partial charge < -0.3 is 137 Å². The molecule has 0 saturated carbocycles. The molecule has 8 rings (SSSR count). The van der Waals surface area contributed by atoms with Gasteiger partial charge in [0.15, 0.2) is 18.0 Å². The number of thiazole rings is 1. The molecule has 2 saturated heterocycles. The van der Waals surface area contributed by atoms with Gasteiger partial charge >= 0.3 is 24.0 Å². The Bertz CT molecular complexity index is 4570. The van der Waals surface area contributed by atoms with E-state index in [0.29, 0.717) is 188 Å². The second-order valence-electron chi connectivity index (χ2n) is 36.2. The van der Waals surface area contributed by atoms with Crippen LogP contribution in [0, 0.1) is 23.7 Å². The summed E-state index contributed by atoms with van der Waals surface area (Å²) in [5, 5.41) is 68.4. The molecule has 1 aliphatic carbocycles. The average Bonchev–Trinajstić information content (AvgIpc) is 1.55. The number of methoxy groups -OCH3 is 1. The largest absolute Gasteiger partial charge is 0.481 e. The summed E-state index contributed by atoms with van der Waals surface area (Å²) < 4.78 is 89.3. The number of rotatable bonds is 73. The normalized spacial score (nSPS) is 18.7. The van der Waals surface area contributed by atoms with Crippen molar-refractivity contribution in [2.24, 2.45) is 23.7 Å². The molecule has 14 atom stereocenters. The van der Waals surface area contributed by atoms with Gasteiger partial charge in [0.1, 0.15) is 60.0 Å². The van der Waals surface area contributed by atoms with Crippen LogP contribution in [0.1, 0.15) is 168 Å². The summed E-state index contributed by atoms with van der Waals surface area (Å²) in [7, 11) is 5.24. The molecule has 2 fully saturated rings. The van der Waals surface area contributed by atoms with E-state index in [4.69, 9.17) is 75.8 Å². The number of fused-ring (bicyclic) bond motifs is 3. The lowest BCUT2D eigenvalue weighted by Gasteiger charge is -2.45. The van der Waals surface area contributed by atoms with Gasteiger partial charge in [-0.1, -0.05) is 120 Å². The number of piperidine rings is 1. The number of Topliss-reactive ketones (excluding diaryl/α,β-unsaturated/α-hetero) is 1. The number of carboxylic acids is 2. The summed E-state index contributed by atoms with van der Waals surface area (Å²) in [5.74, 6) is -8.41. The zero-order valence-corrected chi connectivity index (χ0v) is 84.4. The van der Waals surface area contributed by atoms with E-state index in [2.05, 4.69) is 31.6 Å². The van der Waals surface area contributed by atoms with Crippen LogP contribution < -0.4 is 31.3 Å². The number of carbonyl (C=O) groups is 10. The number of esters is 1. The number of hydrogen-bond donors (Lipinski definition) is 10. The Hall–Kier alpha value is -9.67. The summed E-state index contributed by atoms with van der Waals surface area (Å²) in [6, 6.07) is 26.7. The number of amides is 6. The Balaban J connectivity index is 0.807. The second kappa shape index (κ2) is 64.9. The minimum atomic E-state index is -2.05. The van der Waals surface area contributed by atoms with E-state index in [1.807, 2.05) is 114 Å². The number of ketones is 1. The molecule has 142 heavy (non-hydrogen) atoms. The number of carbonyl (C=O) groups excluding carboxylic acids is 8. The van der Waals surface area contributed by atoms with E-state index >= 15 is 9.59 Å². The fourth-order valence-electron chi connectivity index (χ4n) is 17.1. The van der Waals surface area contributed by atoms with Crippen LogP contribution in [0.4, 0.5) is 10.5 Å². The van der Waals surface area contributed by atoms with Gasteiger partial charge in [-0.15, -0.1) is 11.3 Å². The third kappa shape index (κ3) is 40.7. The number of aliphatic hydroxyl groups is 3. The highest BCUT2D eigenvalue weighted by atomic mass is 32.1. The summed E-state index contributed by atoms with van der Waals surface area (Å²) >= 11 is 1.11. The zero-order chi connectivity index (χ0) is 103. The maximum Gasteiger partial charge on any atom is 0.407 e. The van der Waals surface area contributed by atoms with Crippen LogP contribution in [-0.4, -0.2) is 353 Å². The number of likely N-dealkylation sites (tertiary alicyclic amines) is 1. The number of nitrogens with zero attached hydrogens (tertiary/aromatic N) is 3. The first-order valence-electron chi connectivity index (χ1n) is 49.4. The number of nitrogens with one attached hydrogen (secondary N) is 5. The lowest BCUT2D eigenvalue weighted by molar-refractivity contribution is -0.941. The van der Waals surface area contributed by atoms with Gasteiger partial charge in [0.2, 0.25) is 29.9 Å². The van der Waals surface area contributed by atoms with Gasteiger partial charge in [-0.2, -0.15) is 0 Å². The Kier molecular flexibility index (Phi) is 53.8. The number of ether oxygens (including phenoxy) is 16. The van der Waals surface area contributed by atoms with Crippen LogP contribution in [0.3, 0.4) is 0 Å². The molecule has 6 amide bonds. The van der Waals surface area contributed by atoms with E-state index in [1.165, 1.54) is 13.0 Å². The monoisotopic (exact) mass is 2020 g/mol. The fraction of sp³-hybridized carbons (Fsp3) is 0.637. The molecule has 1 unspecified atom stereocenters. The fourth-order valence-corrected chi connectivity index (χ4v) is 18.0. The van der Waals surface area contributed by atoms with Gasteiger partial charge in [0, 0.05) is 101 Å². The number of aliphatic carboxylic acids is 2. The Labute approximate surface area is 836 Å². The number of quaternary nitrogens is 1. The minimum Gasteiger partial charge on any atom is -0.481 e. The third-order valence-electron chi connectivity index (χ3n) is 25.1. The molecule has 1 aromatic heterocycles. The van der Waals surface area contributed by atoms with Crippen molar-refractivity contribution in [1.29, 1.82) is 0 Å². The molecule has 40 heteroatoms. The number of hydrogen-bond acceptors (Lipinski definition) is 31. The number of aliphatic hydroxyl groups excluding tert-OH is 3. The number of aromatic nitrogens is 1. The second-order valence-corrected chi connectivity index (χ2v) is 37.0. The summed E-state index contributed by atoms with van der Waals surface area (Å²) in [5.41, 5.74) is 5.46. The topological polar surface area (TPSA) is 496 Å². The summed E-state index contributed by atoms with van der Waals surface area (Å²) in [6.45, 7) is 20.8. The van der Waals surface area contributed by atoms with E-state index in [9.17, 15) is 63.9 Å². The predicted molar refractivity (Wildman–Crippen MR) is 522 cm³/mol. The Morgan fingerprint density at radius 2 is 1.15 bits per heavy atom. The number of carboxylic acid groups (broad SMARTS) is 2. The molecular weight excluding hydrogens is 1870 g/mol. The summed E-state index contributed by atoms with van der Waals surface area (Å²) in [4.78, 5) is 144. The smallest absolute Gasteiger partial charge is 0.407 e. The maximum absolute atomic E-state index is 15.3. The van der Waals surface area contributed by atoms with Crippen LogP contribution in [0.2, 0.25) is 0 Å². The number of likely N-dealkylation sites (N-methyl/N-ethyl adjacent to an activating group) is 1. The SMILES string of the molecule is CC[C@H](C)[C@H](CC(=O)[C@H]1CCCC[N+]1(C)Cc1ccc(O[C@@H]2O[C@H](C(=O)O)[C@@H](O)[C@H](O)[C@H]2O)c(NC(=O)CCNC(=O)[C@H](CCCCNC(=O)CCOCCOCCOCCOCCOCCOCCOCCOCCOCCOCCOCCOC)NC(=O)OCC2c3ccccc3-c3ccccc32)c1)C(=O)N(C)[C@H](C[C@@H](OC(C)=O)c1nc(C(=O)N[C@@H](Cc2ccccc2)C[C@H](C)C(=O)O)cs1)C(C)C. The Morgan fingerprint density at radius 3 is 1.69 bits per heavy atom. The molecule has 790 valence electrons. The first-order chi connectivity index (χ1) is 68.5. The molecule has 5 aromatic rings. The van der Waals surface area contributed by atoms with E-state index in [1.54, 1.807) is 43.5 Å². The number of benzene rings is 4. The maximum atomic E-state index is 15.3. The first-order valence-corrected chi connectivity index (χ1v) is 50.2. The molecule has 0 bridgehead atoms. The molecule has 39 nitrogen and oxygen atoms in total. The van der Waals surface area contributed by atoms with Crippen LogP contribution in [-0.2, 0) is 122 Å². The highest BCUT2D eigenvalue weighted by molar-refractivity contribution is 7.09. The number of anilines is 1. The first kappa shape index (κ1) is 118. The molecule has 2 aliphatic heterocycles. The van der Waals surface area contributed by atoms with Gasteiger partial charge in [-0.25, -0.2) is 14.6 Å². The highest BCUT2D eigenvalue weighted by Gasteiger charge is 2.49. The highest BCUT2D eigenvalue weighted by Crippen LogP contribution is 2.45. The number of unbranched alkanes of at least 4 members (excludes halogenated alkanes) is 1. The minimum absolute atomic E-state index is 0.0280. The van der Waals surface area contributed by atoms with Crippen LogP contribution in [0.15, 0.2) is 102 Å². The van der Waals surface area contributed by atoms with E-state index in [-0.39, 0.29) is 142 Å². The molecular formula is C102H151N8O31S+. The van der Waals surface area contributed by atoms with Gasteiger partial charge in [-0.3, -0.25) is 38.4 Å². The predicted octanol–water partition coefficient (Wildman–Crippen LogP) is 8.02. The van der Waals surface area contributed by atoms with Crippen molar-refractivity contribution in [2.75, 3.05) is 205 Å². The molecule has 10 N–H and O–H groups in total. The van der Waals surface area contributed by atoms with Crippen molar-refractivity contribution < 1.29 is 154 Å². The quantitative estimate of drug-likeness (QED) is 0.01000. The zero-order valence-electron chi connectivity index (χ0n) is 83.6. The molecule has 3 heterocycles. The number of alkyl carbamates (subject to hydrolysis) is 1. The standard InChI is InChI=1S/C102H150N8O31S/c1-10-69(4)79(98(120)109(7)84(68(2)3)64-88(139-71(6)111)97-107-83(67-142-97)96(119)105-74(60-70(5)99(121)122)61-72-22-12-11-13-23-72)63-86(112)85-29-19-21-36-110(85,8)65-73-30-31-87(140-101-93(117)91(115)92(116)94(141-101)100(123)124)82(62-73)106-90(114)32-35-104-95(118)81(108-102(125)138-66-80-77-26-16-14-24-75(77)76-25-15-17-27-78(76)80)28-18-20-34-103-89(113)33-37-127-40-41-129-44-45-131-48-49-133-52-53-135-56-57-137-59-58-136-55-54-134-51-50-132-47-46-130-43-42-128-39-38-126-9/h11-17,22-27,30-31,62,67-70,74,79-81,84-85,88,91-94,101,115-117H,10,18-21,28-29,32-61,63-66H2,1-9H3,(H6-,103,104,105,106,108,113,114,118,119,121,122,123,124,125)/p+1/t69-,70-,74+,79-,81-,84+,85+,88+,91-,92-,93+,94-,101+,110?/m0/s1. The lowest BCUT2D eigenvalue weighted by atomic mass is 9.82. The third-order valence-corrected chi connectivity index (χ3v) is 26.0. The lowest BCUT2D eigenvalue weighted by Crippen LogP contribution is -2.61. The van der Waals surface area contributed by atoms with Gasteiger partial charge in [0.05, 0.1) is 177 Å². The van der Waals surface area contributed by atoms with Crippen LogP contribution in [0.5, 0.6) is 5.75 Å². The average molecular weight is 2020 g/mol. The van der Waals surface area contributed by atoms with Crippen molar-refractivity contribution in [3.63, 3.8) is 0 Å². The van der Waals surface area contributed by atoms with Crippen molar-refractivity contribution in [2.45, 2.75) is 198 Å². The molecule has 4 aromatic carbocycles. The molecule has 0 radical (unpaired) electrons. The van der Waals surface area contributed by atoms with Gasteiger partial charge in [-0.05, 0) is 103 Å². The van der Waals surface area contributed by atoms with Gasteiger partial charge in [0.25, 0.3) is 5.91 Å². The van der Waals surface area contributed by atoms with E-state index < -0.39 is 115 Å². The molecule has 0 spiro atoms. The van der Waals surface area contributed by atoms with Crippen LogP contribution >= 0.6 is 11.3 Å². The van der Waals surface area contributed by atoms with Crippen LogP contribution in [0.25, 0.3) is 11.1 Å². The van der Waals surface area contributed by atoms with Crippen molar-refractivity contribution in [3.8, 4) is 16.9 Å². The summed E-state index contributed by atoms with van der Waals surface area (Å²) in [6.07, 6.45) is -8.47. The van der Waals surface area contributed by atoms with Crippen molar-refractivity contribution in [1.82, 2.24) is 31.2 Å². The van der Waals surface area contributed by atoms with Crippen molar-refractivity contribution >= 4 is 76.3 Å². The van der Waals surface area contributed by atoms with E-state index in [0.717, 1.165) is 45.6 Å². The van der Waals surface area contributed by atoms with Crippen molar-refractivity contribution in [3.05, 3.63) is 135 Å². The Morgan fingerprint density at radius 1 is 0.606 bits per heavy atom.